The highest BCUT2D eigenvalue weighted by atomic mass is 79.9. The van der Waals surface area contributed by atoms with Crippen molar-refractivity contribution < 1.29 is 0 Å². The standard InChI is InChI=1S/C9H10BrN5S/c1-15-13-9(12-14-15)5-16-8-3-2-6(10)4-7(8)11/h2-4H,5,11H2,1H3. The van der Waals surface area contributed by atoms with Gasteiger partial charge >= 0.3 is 0 Å². The topological polar surface area (TPSA) is 69.6 Å². The van der Waals surface area contributed by atoms with E-state index in [1.54, 1.807) is 18.8 Å². The molecule has 0 unspecified atom stereocenters. The molecule has 0 spiro atoms. The fourth-order valence-corrected chi connectivity index (χ4v) is 2.34. The number of hydrogen-bond acceptors (Lipinski definition) is 5. The van der Waals surface area contributed by atoms with E-state index in [0.717, 1.165) is 15.1 Å². The number of hydrogen-bond donors (Lipinski definition) is 1. The number of anilines is 1. The number of benzene rings is 1. The minimum atomic E-state index is 0.666. The third kappa shape index (κ3) is 2.73. The van der Waals surface area contributed by atoms with Gasteiger partial charge in [-0.3, -0.25) is 0 Å². The second kappa shape index (κ2) is 4.84. The highest BCUT2D eigenvalue weighted by molar-refractivity contribution is 9.10. The number of nitrogen functional groups attached to an aromatic ring is 1. The molecule has 0 radical (unpaired) electrons. The molecule has 1 aromatic carbocycles. The van der Waals surface area contributed by atoms with Crippen LogP contribution in [0.15, 0.2) is 27.6 Å². The molecule has 2 N–H and O–H groups in total. The maximum absolute atomic E-state index is 5.88. The van der Waals surface area contributed by atoms with E-state index < -0.39 is 0 Å². The average Bonchev–Trinajstić information content (AvgIpc) is 2.63. The number of rotatable bonds is 3. The fourth-order valence-electron chi connectivity index (χ4n) is 1.17. The van der Waals surface area contributed by atoms with Crippen molar-refractivity contribution in [3.63, 3.8) is 0 Å². The van der Waals surface area contributed by atoms with Gasteiger partial charge in [0.25, 0.3) is 0 Å². The zero-order valence-electron chi connectivity index (χ0n) is 8.59. The summed E-state index contributed by atoms with van der Waals surface area (Å²) < 4.78 is 0.979. The summed E-state index contributed by atoms with van der Waals surface area (Å²) in [5, 5.41) is 11.8. The smallest absolute Gasteiger partial charge is 0.184 e. The predicted molar refractivity (Wildman–Crippen MR) is 66.9 cm³/mol. The molecular weight excluding hydrogens is 290 g/mol. The Kier molecular flexibility index (Phi) is 3.45. The molecule has 1 heterocycles. The zero-order valence-corrected chi connectivity index (χ0v) is 11.0. The second-order valence-electron chi connectivity index (χ2n) is 3.17. The molecule has 0 amide bonds. The Balaban J connectivity index is 2.04. The van der Waals surface area contributed by atoms with Crippen molar-refractivity contribution in [1.29, 1.82) is 0 Å². The molecule has 7 heteroatoms. The van der Waals surface area contributed by atoms with Crippen LogP contribution in [-0.4, -0.2) is 20.2 Å². The van der Waals surface area contributed by atoms with Crippen LogP contribution in [0.2, 0.25) is 0 Å². The van der Waals surface area contributed by atoms with Crippen molar-refractivity contribution in [1.82, 2.24) is 20.2 Å². The van der Waals surface area contributed by atoms with Crippen molar-refractivity contribution in [2.75, 3.05) is 5.73 Å². The summed E-state index contributed by atoms with van der Waals surface area (Å²) in [5.74, 6) is 1.37. The number of aryl methyl sites for hydroxylation is 1. The first-order valence-corrected chi connectivity index (χ1v) is 6.34. The Morgan fingerprint density at radius 2 is 2.31 bits per heavy atom. The minimum Gasteiger partial charge on any atom is -0.398 e. The van der Waals surface area contributed by atoms with Crippen LogP contribution in [0.25, 0.3) is 0 Å². The second-order valence-corrected chi connectivity index (χ2v) is 5.10. The number of nitrogens with two attached hydrogens (primary N) is 1. The predicted octanol–water partition coefficient (Wildman–Crippen LogP) is 1.85. The molecule has 0 bridgehead atoms. The summed E-state index contributed by atoms with van der Waals surface area (Å²) in [7, 11) is 1.75. The largest absolute Gasteiger partial charge is 0.398 e. The van der Waals surface area contributed by atoms with Crippen LogP contribution in [0, 0.1) is 0 Å². The van der Waals surface area contributed by atoms with E-state index in [2.05, 4.69) is 31.3 Å². The molecule has 0 aliphatic heterocycles. The van der Waals surface area contributed by atoms with Crippen LogP contribution in [0.3, 0.4) is 0 Å². The number of halogens is 1. The van der Waals surface area contributed by atoms with Gasteiger partial charge in [0.2, 0.25) is 0 Å². The number of aromatic nitrogens is 4. The van der Waals surface area contributed by atoms with Crippen LogP contribution in [0.1, 0.15) is 5.82 Å². The molecule has 0 aliphatic carbocycles. The van der Waals surface area contributed by atoms with Crippen LogP contribution in [-0.2, 0) is 12.8 Å². The highest BCUT2D eigenvalue weighted by Gasteiger charge is 2.04. The molecule has 0 saturated heterocycles. The van der Waals surface area contributed by atoms with Crippen LogP contribution in [0.5, 0.6) is 0 Å². The Bertz CT molecular complexity index is 498. The minimum absolute atomic E-state index is 0.666. The quantitative estimate of drug-likeness (QED) is 0.692. The number of thioether (sulfide) groups is 1. The maximum Gasteiger partial charge on any atom is 0.184 e. The first kappa shape index (κ1) is 11.4. The zero-order chi connectivity index (χ0) is 11.5. The lowest BCUT2D eigenvalue weighted by Crippen LogP contribution is -1.93. The first-order valence-electron chi connectivity index (χ1n) is 4.56. The van der Waals surface area contributed by atoms with E-state index >= 15 is 0 Å². The maximum atomic E-state index is 5.88. The van der Waals surface area contributed by atoms with Gasteiger partial charge < -0.3 is 5.73 Å². The van der Waals surface area contributed by atoms with Crippen molar-refractivity contribution in [3.8, 4) is 0 Å². The average molecular weight is 300 g/mol. The fraction of sp³-hybridized carbons (Fsp3) is 0.222. The normalized spacial score (nSPS) is 10.6. The van der Waals surface area contributed by atoms with Gasteiger partial charge in [-0.05, 0) is 23.4 Å². The summed E-state index contributed by atoms with van der Waals surface area (Å²) in [5.41, 5.74) is 6.63. The first-order chi connectivity index (χ1) is 7.65. The summed E-state index contributed by atoms with van der Waals surface area (Å²) in [6, 6.07) is 5.82. The number of nitrogens with zero attached hydrogens (tertiary/aromatic N) is 4. The molecule has 2 rings (SSSR count). The van der Waals surface area contributed by atoms with Gasteiger partial charge in [0.15, 0.2) is 5.82 Å². The van der Waals surface area contributed by atoms with Gasteiger partial charge in [0.05, 0.1) is 12.8 Å². The molecule has 0 aliphatic rings. The van der Waals surface area contributed by atoms with E-state index in [9.17, 15) is 0 Å². The van der Waals surface area contributed by atoms with E-state index in [1.165, 1.54) is 4.80 Å². The Morgan fingerprint density at radius 1 is 1.50 bits per heavy atom. The van der Waals surface area contributed by atoms with Crippen molar-refractivity contribution in [3.05, 3.63) is 28.5 Å². The van der Waals surface area contributed by atoms with Crippen molar-refractivity contribution in [2.24, 2.45) is 7.05 Å². The van der Waals surface area contributed by atoms with Gasteiger partial charge in [-0.1, -0.05) is 15.9 Å². The van der Waals surface area contributed by atoms with E-state index in [-0.39, 0.29) is 0 Å². The van der Waals surface area contributed by atoms with Crippen molar-refractivity contribution >= 4 is 33.4 Å². The molecule has 0 fully saturated rings. The molecule has 2 aromatic rings. The van der Waals surface area contributed by atoms with Gasteiger partial charge in [-0.15, -0.1) is 22.0 Å². The summed E-state index contributed by atoms with van der Waals surface area (Å²) in [6.07, 6.45) is 0. The summed E-state index contributed by atoms with van der Waals surface area (Å²) >= 11 is 4.97. The summed E-state index contributed by atoms with van der Waals surface area (Å²) in [4.78, 5) is 2.47. The van der Waals surface area contributed by atoms with E-state index in [4.69, 9.17) is 5.73 Å². The summed E-state index contributed by atoms with van der Waals surface area (Å²) in [6.45, 7) is 0. The van der Waals surface area contributed by atoms with Gasteiger partial charge in [0, 0.05) is 15.1 Å². The monoisotopic (exact) mass is 299 g/mol. The molecule has 0 atom stereocenters. The van der Waals surface area contributed by atoms with Gasteiger partial charge in [-0.2, -0.15) is 4.80 Å². The van der Waals surface area contributed by atoms with Crippen LogP contribution < -0.4 is 5.73 Å². The number of tetrazole rings is 1. The van der Waals surface area contributed by atoms with E-state index in [0.29, 0.717) is 11.6 Å². The van der Waals surface area contributed by atoms with Crippen molar-refractivity contribution in [2.45, 2.75) is 10.6 Å². The molecule has 0 saturated carbocycles. The van der Waals surface area contributed by atoms with Crippen LogP contribution >= 0.6 is 27.7 Å². The lowest BCUT2D eigenvalue weighted by molar-refractivity contribution is 0.628. The Hall–Kier alpha value is -1.08. The molecule has 16 heavy (non-hydrogen) atoms. The van der Waals surface area contributed by atoms with E-state index in [1.807, 2.05) is 18.2 Å². The SMILES string of the molecule is Cn1nnc(CSc2ccc(Br)cc2N)n1. The lowest BCUT2D eigenvalue weighted by atomic mass is 10.3. The molecular formula is C9H10BrN5S. The molecule has 84 valence electrons. The van der Waals surface area contributed by atoms with Gasteiger partial charge in [0.1, 0.15) is 0 Å². The molecule has 5 nitrogen and oxygen atoms in total. The third-order valence-corrected chi connectivity index (χ3v) is 3.46. The Morgan fingerprint density at radius 3 is 2.94 bits per heavy atom. The highest BCUT2D eigenvalue weighted by Crippen LogP contribution is 2.29. The Labute approximate surface area is 106 Å². The third-order valence-electron chi connectivity index (χ3n) is 1.88. The van der Waals surface area contributed by atoms with Crippen LogP contribution in [0.4, 0.5) is 5.69 Å². The van der Waals surface area contributed by atoms with Gasteiger partial charge in [-0.25, -0.2) is 0 Å². The molecule has 1 aromatic heterocycles. The lowest BCUT2D eigenvalue weighted by Gasteiger charge is -2.03.